The van der Waals surface area contributed by atoms with E-state index in [9.17, 15) is 8.42 Å². The van der Waals surface area contributed by atoms with Crippen molar-refractivity contribution in [2.75, 3.05) is 13.1 Å². The van der Waals surface area contributed by atoms with Gasteiger partial charge in [0, 0.05) is 13.1 Å². The van der Waals surface area contributed by atoms with Crippen LogP contribution in [0.15, 0.2) is 0 Å². The third-order valence-electron chi connectivity index (χ3n) is 2.98. The summed E-state index contributed by atoms with van der Waals surface area (Å²) in [6.45, 7) is 9.15. The van der Waals surface area contributed by atoms with Crippen LogP contribution in [0.4, 0.5) is 0 Å². The van der Waals surface area contributed by atoms with Crippen LogP contribution in [0.5, 0.6) is 0 Å². The fourth-order valence-electron chi connectivity index (χ4n) is 1.99. The Morgan fingerprint density at radius 3 is 1.88 bits per heavy atom. The van der Waals surface area contributed by atoms with E-state index in [-0.39, 0.29) is 5.25 Å². The van der Waals surface area contributed by atoms with Crippen LogP contribution in [0, 0.1) is 0 Å². The third-order valence-corrected chi connectivity index (χ3v) is 5.53. The normalized spacial score (nSPS) is 14.3. The Hall–Kier alpha value is -0.0900. The molecule has 0 heterocycles. The van der Waals surface area contributed by atoms with Crippen molar-refractivity contribution in [1.82, 2.24) is 4.31 Å². The first-order chi connectivity index (χ1) is 7.54. The van der Waals surface area contributed by atoms with Crippen molar-refractivity contribution in [3.8, 4) is 0 Å². The summed E-state index contributed by atoms with van der Waals surface area (Å²) in [6.07, 6.45) is 4.61. The summed E-state index contributed by atoms with van der Waals surface area (Å²) in [5.74, 6) is 0. The van der Waals surface area contributed by atoms with Gasteiger partial charge in [-0.05, 0) is 12.8 Å². The Morgan fingerprint density at radius 2 is 1.50 bits per heavy atom. The van der Waals surface area contributed by atoms with Crippen molar-refractivity contribution in [3.63, 3.8) is 0 Å². The van der Waals surface area contributed by atoms with Gasteiger partial charge >= 0.3 is 0 Å². The van der Waals surface area contributed by atoms with Crippen LogP contribution >= 0.6 is 0 Å². The summed E-state index contributed by atoms with van der Waals surface area (Å²) in [5.41, 5.74) is 0. The van der Waals surface area contributed by atoms with Crippen molar-refractivity contribution >= 4 is 10.0 Å². The number of sulfonamides is 1. The average molecular weight is 249 g/mol. The van der Waals surface area contributed by atoms with Gasteiger partial charge in [0.05, 0.1) is 5.25 Å². The van der Waals surface area contributed by atoms with Gasteiger partial charge in [0.2, 0.25) is 10.0 Å². The topological polar surface area (TPSA) is 37.4 Å². The number of hydrogen-bond acceptors (Lipinski definition) is 2. The number of rotatable bonds is 9. The highest BCUT2D eigenvalue weighted by atomic mass is 32.2. The average Bonchev–Trinajstić information content (AvgIpc) is 2.25. The molecule has 0 aromatic carbocycles. The monoisotopic (exact) mass is 249 g/mol. The van der Waals surface area contributed by atoms with Gasteiger partial charge in [-0.1, -0.05) is 47.0 Å². The van der Waals surface area contributed by atoms with Crippen LogP contribution in [-0.4, -0.2) is 31.1 Å². The molecule has 98 valence electrons. The third kappa shape index (κ3) is 4.42. The summed E-state index contributed by atoms with van der Waals surface area (Å²) in [7, 11) is -3.06. The van der Waals surface area contributed by atoms with Gasteiger partial charge in [-0.2, -0.15) is 0 Å². The molecule has 0 aliphatic heterocycles. The zero-order valence-electron chi connectivity index (χ0n) is 11.2. The highest BCUT2D eigenvalue weighted by Gasteiger charge is 2.28. The lowest BCUT2D eigenvalue weighted by Gasteiger charge is -2.25. The van der Waals surface area contributed by atoms with E-state index in [1.165, 1.54) is 0 Å². The van der Waals surface area contributed by atoms with E-state index in [2.05, 4.69) is 13.8 Å². The molecule has 0 saturated carbocycles. The fourth-order valence-corrected chi connectivity index (χ4v) is 4.13. The lowest BCUT2D eigenvalue weighted by molar-refractivity contribution is 0.425. The Morgan fingerprint density at radius 1 is 0.938 bits per heavy atom. The molecular formula is C12H27NO2S. The molecule has 1 atom stereocenters. The summed E-state index contributed by atoms with van der Waals surface area (Å²) < 4.78 is 26.2. The second kappa shape index (κ2) is 8.07. The van der Waals surface area contributed by atoms with Gasteiger partial charge in [-0.3, -0.25) is 0 Å². The molecule has 0 N–H and O–H groups in total. The Labute approximate surface area is 101 Å². The predicted molar refractivity (Wildman–Crippen MR) is 70.1 cm³/mol. The van der Waals surface area contributed by atoms with Crippen LogP contribution in [0.3, 0.4) is 0 Å². The van der Waals surface area contributed by atoms with E-state index in [1.54, 1.807) is 4.31 Å². The maximum atomic E-state index is 12.3. The molecule has 0 saturated heterocycles. The number of hydrogen-bond donors (Lipinski definition) is 0. The highest BCUT2D eigenvalue weighted by Crippen LogP contribution is 2.19. The molecule has 0 aromatic rings. The first-order valence-electron chi connectivity index (χ1n) is 6.53. The molecule has 4 heteroatoms. The quantitative estimate of drug-likeness (QED) is 0.630. The lowest BCUT2D eigenvalue weighted by Crippen LogP contribution is -2.38. The van der Waals surface area contributed by atoms with E-state index in [0.717, 1.165) is 32.1 Å². The molecule has 0 spiro atoms. The molecule has 0 rings (SSSR count). The first-order valence-corrected chi connectivity index (χ1v) is 8.03. The van der Waals surface area contributed by atoms with Crippen LogP contribution in [0.2, 0.25) is 0 Å². The molecule has 0 aromatic heterocycles. The van der Waals surface area contributed by atoms with E-state index in [1.807, 2.05) is 13.8 Å². The molecule has 3 nitrogen and oxygen atoms in total. The first kappa shape index (κ1) is 15.9. The van der Waals surface area contributed by atoms with Crippen molar-refractivity contribution in [2.24, 2.45) is 0 Å². The second-order valence-corrected chi connectivity index (χ2v) is 6.40. The summed E-state index contributed by atoms with van der Waals surface area (Å²) in [5, 5.41) is -0.169. The largest absolute Gasteiger partial charge is 0.216 e. The minimum atomic E-state index is -3.06. The second-order valence-electron chi connectivity index (χ2n) is 4.18. The fraction of sp³-hybridized carbons (Fsp3) is 1.00. The smallest absolute Gasteiger partial charge is 0.212 e. The molecule has 16 heavy (non-hydrogen) atoms. The van der Waals surface area contributed by atoms with Crippen LogP contribution < -0.4 is 0 Å². The van der Waals surface area contributed by atoms with Crippen LogP contribution in [0.1, 0.15) is 59.8 Å². The molecule has 0 aliphatic carbocycles. The van der Waals surface area contributed by atoms with Gasteiger partial charge in [-0.15, -0.1) is 0 Å². The molecule has 0 amide bonds. The molecule has 0 radical (unpaired) electrons. The Bertz CT molecular complexity index is 258. The van der Waals surface area contributed by atoms with Crippen molar-refractivity contribution in [1.29, 1.82) is 0 Å². The van der Waals surface area contributed by atoms with Gasteiger partial charge in [0.1, 0.15) is 0 Å². The number of nitrogens with zero attached hydrogens (tertiary/aromatic N) is 1. The molecular weight excluding hydrogens is 222 g/mol. The number of unbranched alkanes of at least 4 members (excludes halogenated alkanes) is 1. The highest BCUT2D eigenvalue weighted by molar-refractivity contribution is 7.89. The van der Waals surface area contributed by atoms with Crippen LogP contribution in [0.25, 0.3) is 0 Å². The molecule has 0 fully saturated rings. The van der Waals surface area contributed by atoms with E-state index >= 15 is 0 Å². The van der Waals surface area contributed by atoms with Crippen LogP contribution in [-0.2, 0) is 10.0 Å². The maximum absolute atomic E-state index is 12.3. The predicted octanol–water partition coefficient (Wildman–Crippen LogP) is 3.02. The SMILES string of the molecule is CCCCC(CCC)S(=O)(=O)N(CC)CC. The summed E-state index contributed by atoms with van der Waals surface area (Å²) in [4.78, 5) is 0. The van der Waals surface area contributed by atoms with Crippen molar-refractivity contribution < 1.29 is 8.42 Å². The van der Waals surface area contributed by atoms with Gasteiger partial charge in [-0.25, -0.2) is 12.7 Å². The minimum absolute atomic E-state index is 0.169. The lowest BCUT2D eigenvalue weighted by atomic mass is 10.1. The molecule has 1 unspecified atom stereocenters. The zero-order valence-corrected chi connectivity index (χ0v) is 12.0. The summed E-state index contributed by atoms with van der Waals surface area (Å²) >= 11 is 0. The summed E-state index contributed by atoms with van der Waals surface area (Å²) in [6, 6.07) is 0. The minimum Gasteiger partial charge on any atom is -0.212 e. The van der Waals surface area contributed by atoms with Gasteiger partial charge in [0.25, 0.3) is 0 Å². The molecule has 0 bridgehead atoms. The standard InChI is InChI=1S/C12H27NO2S/c1-5-9-11-12(10-6-2)16(14,15)13(7-3)8-4/h12H,5-11H2,1-4H3. The van der Waals surface area contributed by atoms with E-state index in [0.29, 0.717) is 13.1 Å². The van der Waals surface area contributed by atoms with Gasteiger partial charge in [0.15, 0.2) is 0 Å². The van der Waals surface area contributed by atoms with E-state index in [4.69, 9.17) is 0 Å². The molecule has 0 aliphatic rings. The maximum Gasteiger partial charge on any atom is 0.216 e. The van der Waals surface area contributed by atoms with E-state index < -0.39 is 10.0 Å². The van der Waals surface area contributed by atoms with Crippen molar-refractivity contribution in [3.05, 3.63) is 0 Å². The van der Waals surface area contributed by atoms with Gasteiger partial charge < -0.3 is 0 Å². The van der Waals surface area contributed by atoms with Crippen molar-refractivity contribution in [2.45, 2.75) is 65.0 Å². The zero-order chi connectivity index (χ0) is 12.6. The Balaban J connectivity index is 4.72. The Kier molecular flexibility index (Phi) is 8.02.